The highest BCUT2D eigenvalue weighted by Crippen LogP contribution is 2.27. The van der Waals surface area contributed by atoms with E-state index in [1.807, 2.05) is 0 Å². The number of rotatable bonds is 5. The van der Waals surface area contributed by atoms with E-state index in [0.29, 0.717) is 33.0 Å². The predicted molar refractivity (Wildman–Crippen MR) is 119 cm³/mol. The first-order chi connectivity index (χ1) is 15.0. The van der Waals surface area contributed by atoms with Crippen molar-refractivity contribution >= 4 is 34.1 Å². The molecular weight excluding hydrogens is 419 g/mol. The van der Waals surface area contributed by atoms with Crippen molar-refractivity contribution < 1.29 is 13.9 Å². The molecule has 1 amide bonds. The number of para-hydroxylation sites is 1. The van der Waals surface area contributed by atoms with E-state index in [1.54, 1.807) is 60.7 Å². The molecule has 3 aromatic carbocycles. The van der Waals surface area contributed by atoms with Gasteiger partial charge in [-0.05, 0) is 48.0 Å². The van der Waals surface area contributed by atoms with Gasteiger partial charge in [-0.3, -0.25) is 9.59 Å². The fraction of sp³-hybridized carbons (Fsp3) is 0.0833. The number of pyridine rings is 1. The van der Waals surface area contributed by atoms with Crippen LogP contribution in [0.2, 0.25) is 5.02 Å². The van der Waals surface area contributed by atoms with Gasteiger partial charge in [-0.2, -0.15) is 0 Å². The molecule has 4 aromatic rings. The SMILES string of the molecule is COc1cccc(C(=O)N(Cc2cc(=O)[nH]c3c(F)cccc23)c2cccc(Cl)c2)c1. The minimum Gasteiger partial charge on any atom is -0.497 e. The first kappa shape index (κ1) is 20.6. The first-order valence-electron chi connectivity index (χ1n) is 9.48. The number of nitrogens with one attached hydrogen (secondary N) is 1. The van der Waals surface area contributed by atoms with Crippen LogP contribution in [-0.4, -0.2) is 18.0 Å². The number of anilines is 1. The summed E-state index contributed by atoms with van der Waals surface area (Å²) in [6.45, 7) is 0.0419. The lowest BCUT2D eigenvalue weighted by Crippen LogP contribution is -2.31. The summed E-state index contributed by atoms with van der Waals surface area (Å²) in [7, 11) is 1.52. The molecule has 0 spiro atoms. The van der Waals surface area contributed by atoms with Crippen molar-refractivity contribution in [2.45, 2.75) is 6.54 Å². The molecular formula is C24H18ClFN2O3. The second-order valence-corrected chi connectivity index (χ2v) is 7.36. The van der Waals surface area contributed by atoms with Crippen molar-refractivity contribution in [1.82, 2.24) is 4.98 Å². The van der Waals surface area contributed by atoms with Gasteiger partial charge in [0, 0.05) is 27.7 Å². The average Bonchev–Trinajstić information content (AvgIpc) is 2.77. The van der Waals surface area contributed by atoms with Crippen LogP contribution in [-0.2, 0) is 6.54 Å². The van der Waals surface area contributed by atoms with Gasteiger partial charge in [-0.25, -0.2) is 4.39 Å². The van der Waals surface area contributed by atoms with Crippen LogP contribution in [0.3, 0.4) is 0 Å². The third kappa shape index (κ3) is 4.29. The van der Waals surface area contributed by atoms with Crippen LogP contribution in [0.5, 0.6) is 5.75 Å². The number of ether oxygens (including phenoxy) is 1. The van der Waals surface area contributed by atoms with Crippen LogP contribution in [0.4, 0.5) is 10.1 Å². The zero-order chi connectivity index (χ0) is 22.0. The molecule has 0 unspecified atom stereocenters. The van der Waals surface area contributed by atoms with Crippen molar-refractivity contribution in [2.24, 2.45) is 0 Å². The Balaban J connectivity index is 1.84. The molecule has 0 fully saturated rings. The lowest BCUT2D eigenvalue weighted by Gasteiger charge is -2.24. The summed E-state index contributed by atoms with van der Waals surface area (Å²) in [6.07, 6.45) is 0. The fourth-order valence-electron chi connectivity index (χ4n) is 3.45. The van der Waals surface area contributed by atoms with E-state index in [4.69, 9.17) is 16.3 Å². The quantitative estimate of drug-likeness (QED) is 0.469. The molecule has 0 aliphatic carbocycles. The molecule has 4 rings (SSSR count). The van der Waals surface area contributed by atoms with Gasteiger partial charge in [0.1, 0.15) is 11.6 Å². The number of halogens is 2. The van der Waals surface area contributed by atoms with Crippen molar-refractivity contribution in [3.05, 3.63) is 105 Å². The van der Waals surface area contributed by atoms with Gasteiger partial charge >= 0.3 is 0 Å². The number of fused-ring (bicyclic) bond motifs is 1. The Morgan fingerprint density at radius 2 is 1.84 bits per heavy atom. The Bertz CT molecular complexity index is 1340. The lowest BCUT2D eigenvalue weighted by molar-refractivity contribution is 0.0985. The number of carbonyl (C=O) groups is 1. The topological polar surface area (TPSA) is 62.4 Å². The van der Waals surface area contributed by atoms with Crippen LogP contribution in [0.1, 0.15) is 15.9 Å². The van der Waals surface area contributed by atoms with Crippen LogP contribution >= 0.6 is 11.6 Å². The first-order valence-corrected chi connectivity index (χ1v) is 9.86. The van der Waals surface area contributed by atoms with E-state index in [2.05, 4.69) is 4.98 Å². The minimum absolute atomic E-state index is 0.0419. The van der Waals surface area contributed by atoms with E-state index >= 15 is 0 Å². The number of benzene rings is 3. The van der Waals surface area contributed by atoms with E-state index in [-0.39, 0.29) is 18.0 Å². The van der Waals surface area contributed by atoms with Crippen molar-refractivity contribution in [2.75, 3.05) is 12.0 Å². The molecule has 0 bridgehead atoms. The molecule has 5 nitrogen and oxygen atoms in total. The molecule has 1 N–H and O–H groups in total. The number of methoxy groups -OCH3 is 1. The third-order valence-corrected chi connectivity index (χ3v) is 5.16. The zero-order valence-corrected chi connectivity index (χ0v) is 17.3. The maximum Gasteiger partial charge on any atom is 0.258 e. The normalized spacial score (nSPS) is 10.8. The summed E-state index contributed by atoms with van der Waals surface area (Å²) in [5, 5.41) is 0.979. The molecule has 0 atom stereocenters. The molecule has 0 saturated heterocycles. The highest BCUT2D eigenvalue weighted by molar-refractivity contribution is 6.31. The zero-order valence-electron chi connectivity index (χ0n) is 16.6. The van der Waals surface area contributed by atoms with Gasteiger partial charge < -0.3 is 14.6 Å². The van der Waals surface area contributed by atoms with E-state index < -0.39 is 11.4 Å². The monoisotopic (exact) mass is 436 g/mol. The maximum absolute atomic E-state index is 14.3. The van der Waals surface area contributed by atoms with E-state index in [9.17, 15) is 14.0 Å². The molecule has 7 heteroatoms. The number of nitrogens with zero attached hydrogens (tertiary/aromatic N) is 1. The van der Waals surface area contributed by atoms with Gasteiger partial charge in [-0.15, -0.1) is 0 Å². The predicted octanol–water partition coefficient (Wildman–Crippen LogP) is 5.18. The number of hydrogen-bond donors (Lipinski definition) is 1. The average molecular weight is 437 g/mol. The summed E-state index contributed by atoms with van der Waals surface area (Å²) >= 11 is 6.17. The summed E-state index contributed by atoms with van der Waals surface area (Å²) in [6, 6.07) is 19.5. The molecule has 0 saturated carbocycles. The number of aromatic amines is 1. The van der Waals surface area contributed by atoms with Crippen molar-refractivity contribution in [3.8, 4) is 5.75 Å². The fourth-order valence-corrected chi connectivity index (χ4v) is 3.64. The Morgan fingerprint density at radius 3 is 2.61 bits per heavy atom. The highest BCUT2D eigenvalue weighted by Gasteiger charge is 2.21. The number of amides is 1. The Kier molecular flexibility index (Phi) is 5.73. The van der Waals surface area contributed by atoms with Crippen LogP contribution in [0.15, 0.2) is 77.6 Å². The molecule has 0 aliphatic heterocycles. The summed E-state index contributed by atoms with van der Waals surface area (Å²) < 4.78 is 19.5. The van der Waals surface area contributed by atoms with Gasteiger partial charge in [0.25, 0.3) is 5.91 Å². The Morgan fingerprint density at radius 1 is 1.06 bits per heavy atom. The highest BCUT2D eigenvalue weighted by atomic mass is 35.5. The molecule has 1 aromatic heterocycles. The van der Waals surface area contributed by atoms with Gasteiger partial charge in [-0.1, -0.05) is 35.9 Å². The standard InChI is InChI=1S/C24H18ClFN2O3/c1-31-19-8-2-5-15(11-19)24(30)28(18-7-3-6-17(25)13-18)14-16-12-22(29)27-23-20(16)9-4-10-21(23)26/h2-13H,14H2,1H3,(H,27,29). The summed E-state index contributed by atoms with van der Waals surface area (Å²) in [5.74, 6) is -0.309. The maximum atomic E-state index is 14.3. The molecule has 0 radical (unpaired) electrons. The third-order valence-electron chi connectivity index (χ3n) is 4.92. The number of carbonyl (C=O) groups excluding carboxylic acids is 1. The van der Waals surface area contributed by atoms with E-state index in [0.717, 1.165) is 0 Å². The summed E-state index contributed by atoms with van der Waals surface area (Å²) in [5.41, 5.74) is 1.11. The van der Waals surface area contributed by atoms with Gasteiger partial charge in [0.05, 0.1) is 19.2 Å². The van der Waals surface area contributed by atoms with Crippen LogP contribution in [0.25, 0.3) is 10.9 Å². The van der Waals surface area contributed by atoms with Gasteiger partial charge in [0.15, 0.2) is 0 Å². The Hall–Kier alpha value is -3.64. The summed E-state index contributed by atoms with van der Waals surface area (Å²) in [4.78, 5) is 29.7. The second kappa shape index (κ2) is 8.62. The van der Waals surface area contributed by atoms with Gasteiger partial charge in [0.2, 0.25) is 5.56 Å². The molecule has 1 heterocycles. The smallest absolute Gasteiger partial charge is 0.258 e. The number of aromatic nitrogens is 1. The van der Waals surface area contributed by atoms with Crippen molar-refractivity contribution in [1.29, 1.82) is 0 Å². The lowest BCUT2D eigenvalue weighted by atomic mass is 10.1. The largest absolute Gasteiger partial charge is 0.497 e. The number of hydrogen-bond acceptors (Lipinski definition) is 3. The molecule has 0 aliphatic rings. The second-order valence-electron chi connectivity index (χ2n) is 6.92. The molecule has 156 valence electrons. The molecule has 31 heavy (non-hydrogen) atoms. The minimum atomic E-state index is -0.537. The number of H-pyrrole nitrogens is 1. The van der Waals surface area contributed by atoms with Crippen LogP contribution in [0, 0.1) is 5.82 Å². The van der Waals surface area contributed by atoms with Crippen molar-refractivity contribution in [3.63, 3.8) is 0 Å². The van der Waals surface area contributed by atoms with Crippen LogP contribution < -0.4 is 15.2 Å². The Labute approximate surface area is 182 Å². The van der Waals surface area contributed by atoms with E-state index in [1.165, 1.54) is 24.1 Å².